The van der Waals surface area contributed by atoms with Gasteiger partial charge in [0.1, 0.15) is 0 Å². The number of nitrogens with one attached hydrogen (secondary N) is 1. The summed E-state index contributed by atoms with van der Waals surface area (Å²) in [6, 6.07) is 4.94. The van der Waals surface area contributed by atoms with E-state index in [0.29, 0.717) is 6.04 Å². The molecule has 0 aliphatic heterocycles. The molecule has 1 aromatic heterocycles. The Morgan fingerprint density at radius 1 is 1.16 bits per heavy atom. The maximum Gasteiger partial charge on any atom is 0.0270 e. The summed E-state index contributed by atoms with van der Waals surface area (Å²) in [5, 5.41) is 3.68. The van der Waals surface area contributed by atoms with Crippen molar-refractivity contribution in [3.05, 3.63) is 30.1 Å². The predicted molar refractivity (Wildman–Crippen MR) is 81.2 cm³/mol. The normalized spacial score (nSPS) is 19.0. The first-order chi connectivity index (χ1) is 9.38. The maximum atomic E-state index is 4.11. The fourth-order valence-electron chi connectivity index (χ4n) is 3.33. The van der Waals surface area contributed by atoms with Crippen molar-refractivity contribution >= 4 is 0 Å². The van der Waals surface area contributed by atoms with Gasteiger partial charge in [-0.05, 0) is 43.0 Å². The van der Waals surface area contributed by atoms with Crippen LogP contribution in [0.15, 0.2) is 24.5 Å². The highest BCUT2D eigenvalue weighted by Crippen LogP contribution is 2.27. The highest BCUT2D eigenvalue weighted by Gasteiger charge is 2.17. The lowest BCUT2D eigenvalue weighted by molar-refractivity contribution is 0.353. The monoisotopic (exact) mass is 260 g/mol. The Morgan fingerprint density at radius 3 is 2.47 bits per heavy atom. The zero-order chi connectivity index (χ0) is 13.3. The van der Waals surface area contributed by atoms with Gasteiger partial charge in [0.05, 0.1) is 0 Å². The van der Waals surface area contributed by atoms with Gasteiger partial charge in [0, 0.05) is 18.4 Å². The molecule has 1 fully saturated rings. The van der Waals surface area contributed by atoms with Gasteiger partial charge in [0.2, 0.25) is 0 Å². The number of rotatable bonds is 6. The Hall–Kier alpha value is -0.890. The Bertz CT molecular complexity index is 328. The second-order valence-electron chi connectivity index (χ2n) is 5.91. The van der Waals surface area contributed by atoms with E-state index in [9.17, 15) is 0 Å². The minimum atomic E-state index is 0.635. The Balaban J connectivity index is 1.87. The number of hydrogen-bond acceptors (Lipinski definition) is 2. The van der Waals surface area contributed by atoms with E-state index in [-0.39, 0.29) is 0 Å². The quantitative estimate of drug-likeness (QED) is 0.783. The zero-order valence-electron chi connectivity index (χ0n) is 12.3. The summed E-state index contributed by atoms with van der Waals surface area (Å²) in [6.45, 7) is 3.29. The Kier molecular flexibility index (Phi) is 6.35. The average molecular weight is 260 g/mol. The third kappa shape index (κ3) is 5.32. The van der Waals surface area contributed by atoms with Crippen LogP contribution in [0.2, 0.25) is 0 Å². The van der Waals surface area contributed by atoms with Crippen molar-refractivity contribution in [3.63, 3.8) is 0 Å². The van der Waals surface area contributed by atoms with Crippen molar-refractivity contribution in [2.24, 2.45) is 5.92 Å². The second-order valence-corrected chi connectivity index (χ2v) is 5.91. The van der Waals surface area contributed by atoms with Crippen LogP contribution in [-0.4, -0.2) is 17.6 Å². The van der Waals surface area contributed by atoms with Crippen LogP contribution in [0.3, 0.4) is 0 Å². The van der Waals surface area contributed by atoms with Crippen LogP contribution < -0.4 is 5.32 Å². The van der Waals surface area contributed by atoms with E-state index < -0.39 is 0 Å². The first-order valence-electron chi connectivity index (χ1n) is 8.00. The first-order valence-corrected chi connectivity index (χ1v) is 8.00. The summed E-state index contributed by atoms with van der Waals surface area (Å²) in [5.41, 5.74) is 1.41. The van der Waals surface area contributed by atoms with E-state index in [0.717, 1.165) is 18.9 Å². The van der Waals surface area contributed by atoms with Crippen molar-refractivity contribution in [1.29, 1.82) is 0 Å². The van der Waals surface area contributed by atoms with Crippen molar-refractivity contribution < 1.29 is 0 Å². The molecule has 1 heterocycles. The largest absolute Gasteiger partial charge is 0.314 e. The van der Waals surface area contributed by atoms with Crippen LogP contribution in [-0.2, 0) is 6.42 Å². The van der Waals surface area contributed by atoms with Crippen molar-refractivity contribution in [2.45, 2.75) is 64.3 Å². The fourth-order valence-corrected chi connectivity index (χ4v) is 3.33. The SMILES string of the molecule is CCNC(Cc1ccncc1)CC1CCCCCC1. The molecule has 2 rings (SSSR count). The van der Waals surface area contributed by atoms with Gasteiger partial charge in [-0.2, -0.15) is 0 Å². The van der Waals surface area contributed by atoms with Crippen LogP contribution in [0.25, 0.3) is 0 Å². The van der Waals surface area contributed by atoms with E-state index in [1.807, 2.05) is 12.4 Å². The molecule has 0 amide bonds. The number of aromatic nitrogens is 1. The van der Waals surface area contributed by atoms with Crippen molar-refractivity contribution in [1.82, 2.24) is 10.3 Å². The molecule has 1 unspecified atom stereocenters. The maximum absolute atomic E-state index is 4.11. The average Bonchev–Trinajstić information content (AvgIpc) is 2.69. The van der Waals surface area contributed by atoms with Crippen molar-refractivity contribution in [3.8, 4) is 0 Å². The number of hydrogen-bond donors (Lipinski definition) is 1. The van der Waals surface area contributed by atoms with Crippen LogP contribution in [0, 0.1) is 5.92 Å². The third-order valence-electron chi connectivity index (χ3n) is 4.32. The lowest BCUT2D eigenvalue weighted by atomic mass is 9.90. The molecule has 106 valence electrons. The summed E-state index contributed by atoms with van der Waals surface area (Å²) in [5.74, 6) is 0.938. The Labute approximate surface area is 118 Å². The van der Waals surface area contributed by atoms with Crippen LogP contribution in [0.1, 0.15) is 57.4 Å². The molecule has 1 saturated carbocycles. The topological polar surface area (TPSA) is 24.9 Å². The molecule has 1 N–H and O–H groups in total. The van der Waals surface area contributed by atoms with Gasteiger partial charge in [-0.15, -0.1) is 0 Å². The zero-order valence-corrected chi connectivity index (χ0v) is 12.3. The summed E-state index contributed by atoms with van der Waals surface area (Å²) in [7, 11) is 0. The van der Waals surface area contributed by atoms with Crippen molar-refractivity contribution in [2.75, 3.05) is 6.54 Å². The van der Waals surface area contributed by atoms with Crippen LogP contribution in [0.4, 0.5) is 0 Å². The van der Waals surface area contributed by atoms with E-state index in [1.165, 1.54) is 50.5 Å². The fraction of sp³-hybridized carbons (Fsp3) is 0.706. The smallest absolute Gasteiger partial charge is 0.0270 e. The molecule has 0 spiro atoms. The van der Waals surface area contributed by atoms with E-state index in [2.05, 4.69) is 29.4 Å². The highest BCUT2D eigenvalue weighted by molar-refractivity contribution is 5.11. The third-order valence-corrected chi connectivity index (χ3v) is 4.32. The lowest BCUT2D eigenvalue weighted by Crippen LogP contribution is -2.33. The molecule has 0 radical (unpaired) electrons. The number of pyridine rings is 1. The molecule has 2 nitrogen and oxygen atoms in total. The molecule has 1 aliphatic carbocycles. The summed E-state index contributed by atoms with van der Waals surface area (Å²) < 4.78 is 0. The van der Waals surface area contributed by atoms with E-state index in [4.69, 9.17) is 0 Å². The van der Waals surface area contributed by atoms with E-state index in [1.54, 1.807) is 0 Å². The highest BCUT2D eigenvalue weighted by atomic mass is 14.9. The van der Waals surface area contributed by atoms with Crippen LogP contribution in [0.5, 0.6) is 0 Å². The molecule has 2 heteroatoms. The second kappa shape index (κ2) is 8.31. The molecule has 0 bridgehead atoms. The van der Waals surface area contributed by atoms with Gasteiger partial charge < -0.3 is 5.32 Å². The predicted octanol–water partition coefficient (Wildman–Crippen LogP) is 3.96. The van der Waals surface area contributed by atoms with Gasteiger partial charge >= 0.3 is 0 Å². The summed E-state index contributed by atoms with van der Waals surface area (Å²) in [6.07, 6.45) is 15.0. The van der Waals surface area contributed by atoms with Gasteiger partial charge in [-0.3, -0.25) is 4.98 Å². The van der Waals surface area contributed by atoms with Gasteiger partial charge in [-0.25, -0.2) is 0 Å². The summed E-state index contributed by atoms with van der Waals surface area (Å²) in [4.78, 5) is 4.11. The lowest BCUT2D eigenvalue weighted by Gasteiger charge is -2.23. The molecule has 1 atom stereocenters. The molecular formula is C17H28N2. The minimum Gasteiger partial charge on any atom is -0.314 e. The molecule has 0 aromatic carbocycles. The summed E-state index contributed by atoms with van der Waals surface area (Å²) >= 11 is 0. The molecule has 1 aliphatic rings. The van der Waals surface area contributed by atoms with Gasteiger partial charge in [0.25, 0.3) is 0 Å². The van der Waals surface area contributed by atoms with E-state index >= 15 is 0 Å². The minimum absolute atomic E-state index is 0.635. The number of nitrogens with zero attached hydrogens (tertiary/aromatic N) is 1. The first kappa shape index (κ1) is 14.5. The standard InChI is InChI=1S/C17H28N2/c1-2-19-17(14-16-9-11-18-12-10-16)13-15-7-5-3-4-6-8-15/h9-12,15,17,19H,2-8,13-14H2,1H3. The molecule has 1 aromatic rings. The van der Waals surface area contributed by atoms with Gasteiger partial charge in [-0.1, -0.05) is 45.4 Å². The molecular weight excluding hydrogens is 232 g/mol. The molecule has 0 saturated heterocycles. The molecule has 19 heavy (non-hydrogen) atoms. The Morgan fingerprint density at radius 2 is 1.84 bits per heavy atom. The number of likely N-dealkylation sites (N-methyl/N-ethyl adjacent to an activating group) is 1. The van der Waals surface area contributed by atoms with Gasteiger partial charge in [0.15, 0.2) is 0 Å². The van der Waals surface area contributed by atoms with Crippen LogP contribution >= 0.6 is 0 Å².